The molecule has 2 rings (SSSR count). The second-order valence-corrected chi connectivity index (χ2v) is 7.10. The topological polar surface area (TPSA) is 49.4 Å². The predicted molar refractivity (Wildman–Crippen MR) is 109 cm³/mol. The molecule has 0 aliphatic heterocycles. The maximum atomic E-state index is 13.1. The average molecular weight is 367 g/mol. The molecule has 2 aromatic rings. The lowest BCUT2D eigenvalue weighted by molar-refractivity contribution is -0.140. The van der Waals surface area contributed by atoms with Gasteiger partial charge in [0, 0.05) is 12.6 Å². The van der Waals surface area contributed by atoms with Crippen LogP contribution in [-0.4, -0.2) is 28.8 Å². The van der Waals surface area contributed by atoms with Gasteiger partial charge >= 0.3 is 0 Å². The minimum Gasteiger partial charge on any atom is -0.352 e. The van der Waals surface area contributed by atoms with Crippen LogP contribution in [0.5, 0.6) is 0 Å². The zero-order valence-electron chi connectivity index (χ0n) is 16.7. The van der Waals surface area contributed by atoms with E-state index in [1.165, 1.54) is 0 Å². The molecule has 4 heteroatoms. The van der Waals surface area contributed by atoms with Crippen LogP contribution in [0.4, 0.5) is 0 Å². The fourth-order valence-corrected chi connectivity index (χ4v) is 2.90. The third kappa shape index (κ3) is 5.95. The van der Waals surface area contributed by atoms with Crippen LogP contribution >= 0.6 is 0 Å². The smallest absolute Gasteiger partial charge is 0.242 e. The highest BCUT2D eigenvalue weighted by Crippen LogP contribution is 2.14. The molecule has 0 aromatic heterocycles. The summed E-state index contributed by atoms with van der Waals surface area (Å²) >= 11 is 0. The third-order valence-corrected chi connectivity index (χ3v) is 4.97. The van der Waals surface area contributed by atoms with Gasteiger partial charge in [-0.25, -0.2) is 0 Å². The summed E-state index contributed by atoms with van der Waals surface area (Å²) in [6, 6.07) is 17.2. The number of hydrogen-bond acceptors (Lipinski definition) is 2. The number of nitrogens with one attached hydrogen (secondary N) is 1. The van der Waals surface area contributed by atoms with Gasteiger partial charge in [-0.2, -0.15) is 0 Å². The van der Waals surface area contributed by atoms with Crippen molar-refractivity contribution in [1.82, 2.24) is 10.2 Å². The fourth-order valence-electron chi connectivity index (χ4n) is 2.90. The van der Waals surface area contributed by atoms with E-state index in [1.54, 1.807) is 11.8 Å². The summed E-state index contributed by atoms with van der Waals surface area (Å²) in [5.41, 5.74) is 3.09. The molecule has 2 amide bonds. The van der Waals surface area contributed by atoms with Gasteiger partial charge in [0.25, 0.3) is 0 Å². The summed E-state index contributed by atoms with van der Waals surface area (Å²) in [6.07, 6.45) is 1.15. The molecule has 4 nitrogen and oxygen atoms in total. The van der Waals surface area contributed by atoms with Crippen molar-refractivity contribution in [3.63, 3.8) is 0 Å². The highest BCUT2D eigenvalue weighted by atomic mass is 16.2. The Labute approximate surface area is 162 Å². The first-order chi connectivity index (χ1) is 12.9. The zero-order valence-corrected chi connectivity index (χ0v) is 16.7. The van der Waals surface area contributed by atoms with E-state index in [9.17, 15) is 9.59 Å². The maximum Gasteiger partial charge on any atom is 0.242 e. The first-order valence-electron chi connectivity index (χ1n) is 9.60. The number of benzene rings is 2. The molecule has 0 heterocycles. The maximum absolute atomic E-state index is 13.1. The van der Waals surface area contributed by atoms with Gasteiger partial charge in [0.1, 0.15) is 6.04 Å². The Kier molecular flexibility index (Phi) is 7.59. The summed E-state index contributed by atoms with van der Waals surface area (Å²) < 4.78 is 0. The largest absolute Gasteiger partial charge is 0.352 e. The van der Waals surface area contributed by atoms with Crippen LogP contribution in [0.25, 0.3) is 0 Å². The van der Waals surface area contributed by atoms with Crippen molar-refractivity contribution in [3.05, 3.63) is 71.3 Å². The van der Waals surface area contributed by atoms with Crippen LogP contribution in [0.3, 0.4) is 0 Å². The number of carbonyl (C=O) groups excluding carboxylic acids is 2. The Morgan fingerprint density at radius 1 is 1.00 bits per heavy atom. The number of carbonyl (C=O) groups is 2. The minimum absolute atomic E-state index is 0.0417. The molecule has 144 valence electrons. The molecule has 0 aliphatic rings. The van der Waals surface area contributed by atoms with Gasteiger partial charge < -0.3 is 10.2 Å². The molecule has 0 spiro atoms. The summed E-state index contributed by atoms with van der Waals surface area (Å²) in [6.45, 7) is 8.22. The number of nitrogens with zero attached hydrogens (tertiary/aromatic N) is 1. The molecule has 2 aromatic carbocycles. The van der Waals surface area contributed by atoms with E-state index < -0.39 is 6.04 Å². The molecular weight excluding hydrogens is 336 g/mol. The summed E-state index contributed by atoms with van der Waals surface area (Å²) in [5.74, 6) is -0.154. The van der Waals surface area contributed by atoms with E-state index in [0.717, 1.165) is 23.1 Å². The van der Waals surface area contributed by atoms with Crippen LogP contribution in [0, 0.1) is 6.92 Å². The molecule has 0 saturated heterocycles. The second-order valence-electron chi connectivity index (χ2n) is 7.10. The Bertz CT molecular complexity index is 758. The first kappa shape index (κ1) is 20.7. The van der Waals surface area contributed by atoms with E-state index in [4.69, 9.17) is 0 Å². The first-order valence-corrected chi connectivity index (χ1v) is 9.60. The van der Waals surface area contributed by atoms with Crippen molar-refractivity contribution in [1.29, 1.82) is 0 Å². The van der Waals surface area contributed by atoms with Crippen molar-refractivity contribution in [2.75, 3.05) is 0 Å². The monoisotopic (exact) mass is 366 g/mol. The predicted octanol–water partition coefficient (Wildman–Crippen LogP) is 3.87. The van der Waals surface area contributed by atoms with Crippen LogP contribution in [-0.2, 0) is 22.6 Å². The third-order valence-electron chi connectivity index (χ3n) is 4.97. The molecule has 0 unspecified atom stereocenters. The van der Waals surface area contributed by atoms with Crippen molar-refractivity contribution >= 4 is 11.8 Å². The normalized spacial score (nSPS) is 12.9. The average Bonchev–Trinajstić information content (AvgIpc) is 2.67. The van der Waals surface area contributed by atoms with Gasteiger partial charge in [0.05, 0.1) is 6.42 Å². The van der Waals surface area contributed by atoms with Crippen molar-refractivity contribution in [2.24, 2.45) is 0 Å². The Hall–Kier alpha value is -2.62. The Balaban J connectivity index is 2.21. The number of rotatable bonds is 8. The number of hydrogen-bond donors (Lipinski definition) is 1. The zero-order chi connectivity index (χ0) is 19.8. The van der Waals surface area contributed by atoms with Crippen molar-refractivity contribution in [3.8, 4) is 0 Å². The SMILES string of the molecule is CC[C@@H](C)NC(=O)[C@@H](C)N(Cc1ccccc1)C(=O)Cc1ccccc1C. The fraction of sp³-hybridized carbons (Fsp3) is 0.391. The number of aryl methyl sites for hydroxylation is 1. The van der Waals surface area contributed by atoms with Gasteiger partial charge in [0.2, 0.25) is 11.8 Å². The molecule has 0 radical (unpaired) electrons. The molecule has 2 atom stereocenters. The van der Waals surface area contributed by atoms with Crippen molar-refractivity contribution < 1.29 is 9.59 Å². The molecule has 0 fully saturated rings. The van der Waals surface area contributed by atoms with E-state index in [0.29, 0.717) is 13.0 Å². The summed E-state index contributed by atoms with van der Waals surface area (Å²) in [7, 11) is 0. The van der Waals surface area contributed by atoms with Gasteiger partial charge in [-0.1, -0.05) is 61.5 Å². The second kappa shape index (κ2) is 9.91. The van der Waals surface area contributed by atoms with Crippen LogP contribution in [0.15, 0.2) is 54.6 Å². The molecule has 0 saturated carbocycles. The van der Waals surface area contributed by atoms with Crippen LogP contribution in [0.2, 0.25) is 0 Å². The van der Waals surface area contributed by atoms with Gasteiger partial charge in [-0.3, -0.25) is 9.59 Å². The van der Waals surface area contributed by atoms with Crippen molar-refractivity contribution in [2.45, 2.75) is 59.2 Å². The summed E-state index contributed by atoms with van der Waals surface area (Å²) in [5, 5.41) is 2.99. The standard InChI is InChI=1S/C23H30N2O2/c1-5-18(3)24-23(27)19(4)25(16-20-12-7-6-8-13-20)22(26)15-21-14-10-9-11-17(21)2/h6-14,18-19H,5,15-16H2,1-4H3,(H,24,27)/t18-,19-/m1/s1. The molecular formula is C23H30N2O2. The lowest BCUT2D eigenvalue weighted by Gasteiger charge is -2.30. The molecule has 0 aliphatic carbocycles. The van der Waals surface area contributed by atoms with Gasteiger partial charge in [0.15, 0.2) is 0 Å². The van der Waals surface area contributed by atoms with E-state index in [2.05, 4.69) is 5.32 Å². The van der Waals surface area contributed by atoms with Crippen LogP contribution in [0.1, 0.15) is 43.9 Å². The van der Waals surface area contributed by atoms with Gasteiger partial charge in [-0.15, -0.1) is 0 Å². The summed E-state index contributed by atoms with van der Waals surface area (Å²) in [4.78, 5) is 27.5. The highest BCUT2D eigenvalue weighted by Gasteiger charge is 2.27. The molecule has 1 N–H and O–H groups in total. The van der Waals surface area contributed by atoms with E-state index >= 15 is 0 Å². The lowest BCUT2D eigenvalue weighted by atomic mass is 10.0. The molecule has 27 heavy (non-hydrogen) atoms. The highest BCUT2D eigenvalue weighted by molar-refractivity contribution is 5.88. The van der Waals surface area contributed by atoms with Gasteiger partial charge in [-0.05, 0) is 43.9 Å². The Morgan fingerprint density at radius 2 is 1.63 bits per heavy atom. The molecule has 0 bridgehead atoms. The Morgan fingerprint density at radius 3 is 2.26 bits per heavy atom. The quantitative estimate of drug-likeness (QED) is 0.771. The van der Waals surface area contributed by atoms with Crippen LogP contribution < -0.4 is 5.32 Å². The lowest BCUT2D eigenvalue weighted by Crippen LogP contribution is -2.49. The minimum atomic E-state index is -0.532. The van der Waals surface area contributed by atoms with E-state index in [-0.39, 0.29) is 17.9 Å². The number of amides is 2. The van der Waals surface area contributed by atoms with E-state index in [1.807, 2.05) is 75.4 Å².